The van der Waals surface area contributed by atoms with Crippen molar-refractivity contribution in [1.29, 1.82) is 0 Å². The average Bonchev–Trinajstić information content (AvgIpc) is 3.40. The number of hydrogen-bond donors (Lipinski definition) is 0. The third-order valence-corrected chi connectivity index (χ3v) is 7.53. The van der Waals surface area contributed by atoms with Crippen molar-refractivity contribution in [3.8, 4) is 5.75 Å². The van der Waals surface area contributed by atoms with Gasteiger partial charge < -0.3 is 18.8 Å². The van der Waals surface area contributed by atoms with Crippen molar-refractivity contribution >= 4 is 17.5 Å². The minimum absolute atomic E-state index is 0.0806. The molecule has 1 saturated heterocycles. The molecule has 0 bridgehead atoms. The highest BCUT2D eigenvalue weighted by Crippen LogP contribution is 2.34. The van der Waals surface area contributed by atoms with E-state index in [9.17, 15) is 9.59 Å². The third-order valence-electron chi connectivity index (χ3n) is 7.53. The van der Waals surface area contributed by atoms with E-state index in [2.05, 4.69) is 19.1 Å². The van der Waals surface area contributed by atoms with E-state index in [0.717, 1.165) is 28.0 Å². The molecule has 202 valence electrons. The summed E-state index contributed by atoms with van der Waals surface area (Å²) in [5.41, 5.74) is 4.98. The van der Waals surface area contributed by atoms with Crippen LogP contribution in [-0.4, -0.2) is 45.9 Å². The molecule has 7 nitrogen and oxygen atoms in total. The van der Waals surface area contributed by atoms with E-state index in [4.69, 9.17) is 14.5 Å². The van der Waals surface area contributed by atoms with Gasteiger partial charge >= 0.3 is 5.97 Å². The number of benzene rings is 2. The van der Waals surface area contributed by atoms with Gasteiger partial charge in [0.25, 0.3) is 0 Å². The summed E-state index contributed by atoms with van der Waals surface area (Å²) in [6.45, 7) is 5.86. The first-order valence-corrected chi connectivity index (χ1v) is 13.7. The quantitative estimate of drug-likeness (QED) is 0.268. The Hall–Kier alpha value is -4.13. The summed E-state index contributed by atoms with van der Waals surface area (Å²) >= 11 is 0. The van der Waals surface area contributed by atoms with Gasteiger partial charge in [0.1, 0.15) is 6.61 Å². The maximum absolute atomic E-state index is 13.6. The molecule has 1 atom stereocenters. The Morgan fingerprint density at radius 3 is 2.49 bits per heavy atom. The maximum Gasteiger partial charge on any atom is 0.309 e. The van der Waals surface area contributed by atoms with E-state index in [1.165, 1.54) is 0 Å². The van der Waals surface area contributed by atoms with Gasteiger partial charge in [0.05, 0.1) is 18.2 Å². The van der Waals surface area contributed by atoms with Crippen LogP contribution >= 0.6 is 0 Å². The van der Waals surface area contributed by atoms with Crippen molar-refractivity contribution in [3.63, 3.8) is 0 Å². The molecule has 4 aromatic rings. The molecular formula is C32H35N3O4. The van der Waals surface area contributed by atoms with E-state index in [0.29, 0.717) is 51.3 Å². The summed E-state index contributed by atoms with van der Waals surface area (Å²) in [6, 6.07) is 22.1. The first-order chi connectivity index (χ1) is 19.0. The zero-order valence-electron chi connectivity index (χ0n) is 22.6. The molecule has 5 rings (SSSR count). The molecule has 0 saturated carbocycles. The molecule has 1 unspecified atom stereocenters. The minimum Gasteiger partial charge on any atom is -0.485 e. The predicted octanol–water partition coefficient (Wildman–Crippen LogP) is 5.55. The average molecular weight is 526 g/mol. The molecule has 2 aromatic heterocycles. The van der Waals surface area contributed by atoms with Crippen LogP contribution in [0.15, 0.2) is 79.1 Å². The highest BCUT2D eigenvalue weighted by Gasteiger charge is 2.31. The van der Waals surface area contributed by atoms with Crippen LogP contribution in [0, 0.1) is 12.8 Å². The Labute approximate surface area is 229 Å². The number of amides is 1. The van der Waals surface area contributed by atoms with E-state index >= 15 is 0 Å². The van der Waals surface area contributed by atoms with E-state index in [-0.39, 0.29) is 23.7 Å². The van der Waals surface area contributed by atoms with Crippen LogP contribution < -0.4 is 4.74 Å². The second kappa shape index (κ2) is 12.2. The number of pyridine rings is 1. The lowest BCUT2D eigenvalue weighted by Crippen LogP contribution is -2.41. The number of esters is 1. The number of ether oxygens (including phenoxy) is 2. The number of carbonyl (C=O) groups is 2. The van der Waals surface area contributed by atoms with Crippen molar-refractivity contribution in [2.45, 2.75) is 45.6 Å². The van der Waals surface area contributed by atoms with Gasteiger partial charge in [-0.1, -0.05) is 54.6 Å². The van der Waals surface area contributed by atoms with Gasteiger partial charge in [-0.2, -0.15) is 0 Å². The second-order valence-electron chi connectivity index (χ2n) is 10.0. The molecule has 0 aliphatic carbocycles. The topological polar surface area (TPSA) is 73.1 Å². The Morgan fingerprint density at radius 1 is 1.00 bits per heavy atom. The number of fused-ring (bicyclic) bond motifs is 1. The number of hydrogen-bond acceptors (Lipinski definition) is 5. The Morgan fingerprint density at radius 2 is 1.74 bits per heavy atom. The maximum atomic E-state index is 13.6. The minimum atomic E-state index is -0.180. The predicted molar refractivity (Wildman–Crippen MR) is 150 cm³/mol. The standard InChI is InChI=1S/C32H35N3O4/c1-3-38-32(37)25-15-18-34(19-16-25)30(36)20-27(26-13-8-7-10-23(26)2)28-21-33-31-29(14-9-17-35(28)31)39-22-24-11-5-4-6-12-24/h4-14,17,21,25,27H,3,15-16,18-20,22H2,1-2H3. The van der Waals surface area contributed by atoms with E-state index < -0.39 is 0 Å². The highest BCUT2D eigenvalue weighted by molar-refractivity contribution is 5.79. The SMILES string of the molecule is CCOC(=O)C1CCN(C(=O)CC(c2ccccc2C)c2cnc3c(OCc4ccccc4)cccn23)CC1. The lowest BCUT2D eigenvalue weighted by Gasteiger charge is -2.32. The van der Waals surface area contributed by atoms with Gasteiger partial charge in [0.15, 0.2) is 11.4 Å². The number of imidazole rings is 1. The number of aromatic nitrogens is 2. The molecule has 1 aliphatic heterocycles. The summed E-state index contributed by atoms with van der Waals surface area (Å²) in [7, 11) is 0. The number of piperidine rings is 1. The van der Waals surface area contributed by atoms with Crippen LogP contribution in [0.1, 0.15) is 54.5 Å². The third kappa shape index (κ3) is 5.98. The van der Waals surface area contributed by atoms with Crippen LogP contribution in [0.25, 0.3) is 5.65 Å². The molecule has 39 heavy (non-hydrogen) atoms. The number of nitrogens with zero attached hydrogens (tertiary/aromatic N) is 3. The van der Waals surface area contributed by atoms with Gasteiger partial charge in [-0.05, 0) is 55.5 Å². The smallest absolute Gasteiger partial charge is 0.309 e. The van der Waals surface area contributed by atoms with Crippen molar-refractivity contribution in [2.24, 2.45) is 5.92 Å². The van der Waals surface area contributed by atoms with Gasteiger partial charge in [-0.3, -0.25) is 9.59 Å². The monoisotopic (exact) mass is 525 g/mol. The molecule has 0 N–H and O–H groups in total. The highest BCUT2D eigenvalue weighted by atomic mass is 16.5. The van der Waals surface area contributed by atoms with Crippen molar-refractivity contribution in [2.75, 3.05) is 19.7 Å². The zero-order valence-corrected chi connectivity index (χ0v) is 22.6. The van der Waals surface area contributed by atoms with E-state index in [1.807, 2.05) is 83.2 Å². The van der Waals surface area contributed by atoms with Gasteiger partial charge in [-0.25, -0.2) is 4.98 Å². The largest absolute Gasteiger partial charge is 0.485 e. The van der Waals surface area contributed by atoms with Crippen molar-refractivity contribution in [3.05, 3.63) is 102 Å². The normalized spacial score (nSPS) is 14.8. The lowest BCUT2D eigenvalue weighted by molar-refractivity contribution is -0.151. The summed E-state index contributed by atoms with van der Waals surface area (Å²) in [6.07, 6.45) is 5.43. The second-order valence-corrected chi connectivity index (χ2v) is 10.0. The number of aryl methyl sites for hydroxylation is 1. The van der Waals surface area contributed by atoms with Crippen LogP contribution in [0.5, 0.6) is 5.75 Å². The molecule has 2 aromatic carbocycles. The molecule has 0 spiro atoms. The first-order valence-electron chi connectivity index (χ1n) is 13.7. The fraction of sp³-hybridized carbons (Fsp3) is 0.344. The van der Waals surface area contributed by atoms with Gasteiger partial charge in [-0.15, -0.1) is 0 Å². The molecule has 0 radical (unpaired) electrons. The van der Waals surface area contributed by atoms with Gasteiger partial charge in [0, 0.05) is 37.8 Å². The first kappa shape index (κ1) is 26.5. The molecular weight excluding hydrogens is 490 g/mol. The van der Waals surface area contributed by atoms with Crippen LogP contribution in [0.3, 0.4) is 0 Å². The fourth-order valence-corrected chi connectivity index (χ4v) is 5.39. The summed E-state index contributed by atoms with van der Waals surface area (Å²) in [5.74, 6) is 0.314. The van der Waals surface area contributed by atoms with Gasteiger partial charge in [0.2, 0.25) is 5.91 Å². The van der Waals surface area contributed by atoms with Crippen LogP contribution in [0.4, 0.5) is 0 Å². The number of carbonyl (C=O) groups excluding carboxylic acids is 2. The Kier molecular flexibility index (Phi) is 8.25. The van der Waals surface area contributed by atoms with Crippen LogP contribution in [-0.2, 0) is 20.9 Å². The molecule has 3 heterocycles. The van der Waals surface area contributed by atoms with Crippen molar-refractivity contribution in [1.82, 2.24) is 14.3 Å². The lowest BCUT2D eigenvalue weighted by atomic mass is 9.88. The van der Waals surface area contributed by atoms with Crippen molar-refractivity contribution < 1.29 is 19.1 Å². The number of rotatable bonds is 9. The number of likely N-dealkylation sites (tertiary alicyclic amines) is 1. The zero-order chi connectivity index (χ0) is 27.2. The molecule has 1 fully saturated rings. The summed E-state index contributed by atoms with van der Waals surface area (Å²) < 4.78 is 13.4. The summed E-state index contributed by atoms with van der Waals surface area (Å²) in [4.78, 5) is 32.4. The van der Waals surface area contributed by atoms with E-state index in [1.54, 1.807) is 0 Å². The molecule has 1 aliphatic rings. The summed E-state index contributed by atoms with van der Waals surface area (Å²) in [5, 5.41) is 0. The van der Waals surface area contributed by atoms with Crippen LogP contribution in [0.2, 0.25) is 0 Å². The molecule has 1 amide bonds. The fourth-order valence-electron chi connectivity index (χ4n) is 5.39. The molecule has 7 heteroatoms. The Bertz CT molecular complexity index is 1420. The Balaban J connectivity index is 1.39.